The maximum absolute atomic E-state index is 13.9. The number of ketones is 1. The van der Waals surface area contributed by atoms with Gasteiger partial charge in [-0.2, -0.15) is 0 Å². The van der Waals surface area contributed by atoms with Crippen LogP contribution in [0.4, 0.5) is 20.2 Å². The van der Waals surface area contributed by atoms with Gasteiger partial charge in [0.25, 0.3) is 10.0 Å². The van der Waals surface area contributed by atoms with Gasteiger partial charge < -0.3 is 5.32 Å². The van der Waals surface area contributed by atoms with Crippen molar-refractivity contribution in [3.8, 4) is 0 Å². The van der Waals surface area contributed by atoms with Crippen LogP contribution in [0.3, 0.4) is 0 Å². The minimum Gasteiger partial charge on any atom is -0.358 e. The summed E-state index contributed by atoms with van der Waals surface area (Å²) in [7, 11) is -4.25. The summed E-state index contributed by atoms with van der Waals surface area (Å²) < 4.78 is 55.1. The fraction of sp³-hybridized carbons (Fsp3) is 0.0455. The molecule has 1 aliphatic rings. The molecule has 1 N–H and O–H groups in total. The first-order valence-corrected chi connectivity index (χ1v) is 10.4. The second-order valence-corrected chi connectivity index (χ2v) is 8.45. The van der Waals surface area contributed by atoms with Gasteiger partial charge in [0.1, 0.15) is 11.6 Å². The Morgan fingerprint density at radius 2 is 1.63 bits per heavy atom. The van der Waals surface area contributed by atoms with Crippen LogP contribution in [0.15, 0.2) is 83.9 Å². The molecule has 0 unspecified atom stereocenters. The average Bonchev–Trinajstić information content (AvgIpc) is 2.74. The highest BCUT2D eigenvalue weighted by molar-refractivity contribution is 7.97. The maximum atomic E-state index is 13.9. The Balaban J connectivity index is 1.80. The van der Waals surface area contributed by atoms with Gasteiger partial charge in [-0.05, 0) is 29.8 Å². The summed E-state index contributed by atoms with van der Waals surface area (Å²) in [6.07, 6.45) is 0.906. The summed E-state index contributed by atoms with van der Waals surface area (Å²) in [6, 6.07) is 18.0. The summed E-state index contributed by atoms with van der Waals surface area (Å²) in [5.74, 6) is -2.21. The van der Waals surface area contributed by atoms with E-state index < -0.39 is 32.3 Å². The number of hydrogen-bond acceptors (Lipinski definition) is 4. The van der Waals surface area contributed by atoms with Gasteiger partial charge in [0.15, 0.2) is 4.91 Å². The van der Waals surface area contributed by atoms with Crippen molar-refractivity contribution in [2.75, 3.05) is 9.62 Å². The number of nitrogens with one attached hydrogen (secondary N) is 1. The number of sulfonamides is 1. The molecule has 0 spiro atoms. The summed E-state index contributed by atoms with van der Waals surface area (Å²) in [4.78, 5) is 12.4. The predicted octanol–water partition coefficient (Wildman–Crippen LogP) is 4.45. The second kappa shape index (κ2) is 7.72. The quantitative estimate of drug-likeness (QED) is 0.626. The third-order valence-electron chi connectivity index (χ3n) is 4.67. The Morgan fingerprint density at radius 3 is 2.40 bits per heavy atom. The fourth-order valence-electron chi connectivity index (χ4n) is 3.19. The Morgan fingerprint density at radius 1 is 0.933 bits per heavy atom. The lowest BCUT2D eigenvalue weighted by Crippen LogP contribution is -2.39. The van der Waals surface area contributed by atoms with Crippen LogP contribution in [0.1, 0.15) is 15.9 Å². The maximum Gasteiger partial charge on any atom is 0.270 e. The van der Waals surface area contributed by atoms with Crippen LogP contribution in [0.5, 0.6) is 0 Å². The molecule has 4 rings (SSSR count). The molecule has 5 nitrogen and oxygen atoms in total. The summed E-state index contributed by atoms with van der Waals surface area (Å²) >= 11 is 0. The molecule has 3 aromatic rings. The zero-order chi connectivity index (χ0) is 21.3. The number of Topliss-reactive ketones (excluding diaryl/α,β-unsaturated/α-hetero) is 1. The van der Waals surface area contributed by atoms with E-state index in [1.54, 1.807) is 42.5 Å². The van der Waals surface area contributed by atoms with Gasteiger partial charge in [0.2, 0.25) is 5.78 Å². The number of carbonyl (C=O) groups excluding carboxylic acids is 1. The Kier molecular flexibility index (Phi) is 5.09. The second-order valence-electron chi connectivity index (χ2n) is 6.62. The molecular formula is C22H16F2N2O3S. The molecule has 1 aliphatic heterocycles. The number of allylic oxidation sites excluding steroid dienone is 1. The molecule has 0 radical (unpaired) electrons. The molecule has 0 aliphatic carbocycles. The first-order chi connectivity index (χ1) is 14.4. The smallest absolute Gasteiger partial charge is 0.270 e. The number of halogens is 2. The Labute approximate surface area is 172 Å². The third kappa shape index (κ3) is 3.57. The molecule has 3 aromatic carbocycles. The number of para-hydroxylation sites is 1. The first kappa shape index (κ1) is 19.8. The van der Waals surface area contributed by atoms with Gasteiger partial charge in [-0.15, -0.1) is 0 Å². The minimum absolute atomic E-state index is 0.0130. The minimum atomic E-state index is -4.25. The highest BCUT2D eigenvalue weighted by Crippen LogP contribution is 2.36. The average molecular weight is 426 g/mol. The summed E-state index contributed by atoms with van der Waals surface area (Å²) in [5, 5.41) is 2.42. The molecule has 1 heterocycles. The van der Waals surface area contributed by atoms with Crippen molar-refractivity contribution in [2.24, 2.45) is 0 Å². The van der Waals surface area contributed by atoms with E-state index in [0.29, 0.717) is 0 Å². The van der Waals surface area contributed by atoms with Crippen molar-refractivity contribution in [3.63, 3.8) is 0 Å². The lowest BCUT2D eigenvalue weighted by atomic mass is 10.1. The number of nitrogens with zero attached hydrogens (tertiary/aromatic N) is 1. The van der Waals surface area contributed by atoms with Gasteiger partial charge in [-0.25, -0.2) is 17.2 Å². The summed E-state index contributed by atoms with van der Waals surface area (Å²) in [5.41, 5.74) is 0.920. The first-order valence-electron chi connectivity index (χ1n) is 9.00. The highest BCUT2D eigenvalue weighted by atomic mass is 32.2. The van der Waals surface area contributed by atoms with Crippen LogP contribution in [-0.2, 0) is 16.6 Å². The number of fused-ring (bicyclic) bond motifs is 1. The number of benzene rings is 3. The van der Waals surface area contributed by atoms with Gasteiger partial charge in [0.05, 0.1) is 17.9 Å². The van der Waals surface area contributed by atoms with Gasteiger partial charge in [-0.1, -0.05) is 42.5 Å². The van der Waals surface area contributed by atoms with Crippen molar-refractivity contribution < 1.29 is 22.0 Å². The van der Waals surface area contributed by atoms with E-state index in [1.807, 2.05) is 6.07 Å². The molecule has 8 heteroatoms. The van der Waals surface area contributed by atoms with Gasteiger partial charge >= 0.3 is 0 Å². The predicted molar refractivity (Wildman–Crippen MR) is 110 cm³/mol. The number of carbonyl (C=O) groups is 1. The van der Waals surface area contributed by atoms with E-state index in [-0.39, 0.29) is 23.5 Å². The van der Waals surface area contributed by atoms with Crippen LogP contribution in [0.25, 0.3) is 0 Å². The van der Waals surface area contributed by atoms with E-state index in [9.17, 15) is 22.0 Å². The van der Waals surface area contributed by atoms with Crippen LogP contribution < -0.4 is 9.62 Å². The standard InChI is InChI=1S/C22H16F2N2O3S/c23-16-10-11-18(24)19(12-16)25-13-21-22(27)17-8-4-5-9-20(17)26(30(21,28)29)14-15-6-2-1-3-7-15/h1-13,25H,14H2. The lowest BCUT2D eigenvalue weighted by molar-refractivity contribution is 0.104. The van der Waals surface area contributed by atoms with Crippen LogP contribution in [0, 0.1) is 11.6 Å². The van der Waals surface area contributed by atoms with E-state index >= 15 is 0 Å². The van der Waals surface area contributed by atoms with Gasteiger partial charge in [-0.3, -0.25) is 9.10 Å². The fourth-order valence-corrected chi connectivity index (χ4v) is 4.72. The monoisotopic (exact) mass is 426 g/mol. The third-order valence-corrected chi connectivity index (χ3v) is 6.43. The molecule has 152 valence electrons. The topological polar surface area (TPSA) is 66.5 Å². The van der Waals surface area contributed by atoms with Crippen molar-refractivity contribution >= 4 is 27.2 Å². The highest BCUT2D eigenvalue weighted by Gasteiger charge is 2.40. The molecule has 0 amide bonds. The van der Waals surface area contributed by atoms with Gasteiger partial charge in [0, 0.05) is 17.8 Å². The number of rotatable bonds is 4. The zero-order valence-corrected chi connectivity index (χ0v) is 16.4. The van der Waals surface area contributed by atoms with Crippen molar-refractivity contribution in [2.45, 2.75) is 6.54 Å². The van der Waals surface area contributed by atoms with Crippen LogP contribution in [0.2, 0.25) is 0 Å². The van der Waals surface area contributed by atoms with E-state index in [1.165, 1.54) is 6.07 Å². The number of hydrogen-bond donors (Lipinski definition) is 1. The molecular weight excluding hydrogens is 410 g/mol. The Bertz CT molecular complexity index is 1260. The van der Waals surface area contributed by atoms with Crippen molar-refractivity contribution in [1.29, 1.82) is 0 Å². The van der Waals surface area contributed by atoms with E-state index in [2.05, 4.69) is 5.32 Å². The molecule has 0 aromatic heterocycles. The molecule has 30 heavy (non-hydrogen) atoms. The largest absolute Gasteiger partial charge is 0.358 e. The van der Waals surface area contributed by atoms with Crippen molar-refractivity contribution in [1.82, 2.24) is 0 Å². The van der Waals surface area contributed by atoms with Crippen LogP contribution >= 0.6 is 0 Å². The zero-order valence-electron chi connectivity index (χ0n) is 15.5. The molecule has 0 bridgehead atoms. The van der Waals surface area contributed by atoms with Crippen LogP contribution in [-0.4, -0.2) is 14.2 Å². The van der Waals surface area contributed by atoms with E-state index in [0.717, 1.165) is 34.3 Å². The summed E-state index contributed by atoms with van der Waals surface area (Å²) in [6.45, 7) is 0.0130. The Hall–Kier alpha value is -3.52. The molecule has 0 saturated carbocycles. The SMILES string of the molecule is O=C1C(=CNc2cc(F)ccc2F)S(=O)(=O)N(Cc2ccccc2)c2ccccc21. The number of anilines is 2. The normalized spacial score (nSPS) is 16.4. The molecule has 0 fully saturated rings. The molecule has 0 atom stereocenters. The van der Waals surface area contributed by atoms with E-state index in [4.69, 9.17) is 0 Å². The molecule has 0 saturated heterocycles. The van der Waals surface area contributed by atoms with Crippen molar-refractivity contribution in [3.05, 3.63) is 107 Å². The lowest BCUT2D eigenvalue weighted by Gasteiger charge is -2.31.